The summed E-state index contributed by atoms with van der Waals surface area (Å²) in [5.74, 6) is -1.62. The Balaban J connectivity index is 2.82. The van der Waals surface area contributed by atoms with E-state index in [2.05, 4.69) is 10.1 Å². The lowest BCUT2D eigenvalue weighted by Crippen LogP contribution is -2.39. The molecule has 0 unspecified atom stereocenters. The molecule has 0 fully saturated rings. The number of benzene rings is 1. The van der Waals surface area contributed by atoms with Crippen LogP contribution in [0.5, 0.6) is 0 Å². The highest BCUT2D eigenvalue weighted by molar-refractivity contribution is 5.88. The monoisotopic (exact) mass is 240 g/mol. The van der Waals surface area contributed by atoms with E-state index >= 15 is 0 Å². The fourth-order valence-electron chi connectivity index (χ4n) is 1.31. The Labute approximate surface area is 97.7 Å². The first-order valence-electron chi connectivity index (χ1n) is 4.87. The van der Waals surface area contributed by atoms with Gasteiger partial charge in [0.2, 0.25) is 11.8 Å². The van der Waals surface area contributed by atoms with E-state index in [4.69, 9.17) is 5.73 Å². The van der Waals surface area contributed by atoms with Gasteiger partial charge in [0.1, 0.15) is 18.5 Å². The Hall–Kier alpha value is -1.95. The van der Waals surface area contributed by atoms with Gasteiger partial charge in [0.05, 0.1) is 0 Å². The molecule has 0 heterocycles. The average molecular weight is 240 g/mol. The van der Waals surface area contributed by atoms with E-state index in [9.17, 15) is 14.0 Å². The molecule has 2 amide bonds. The second-order valence-corrected chi connectivity index (χ2v) is 3.39. The van der Waals surface area contributed by atoms with Gasteiger partial charge >= 0.3 is 0 Å². The molecule has 0 bridgehead atoms. The highest BCUT2D eigenvalue weighted by atomic mass is 19.1. The zero-order valence-corrected chi connectivity index (χ0v) is 9.27. The molecule has 0 aromatic heterocycles. The van der Waals surface area contributed by atoms with Gasteiger partial charge < -0.3 is 15.8 Å². The Morgan fingerprint density at radius 2 is 2.00 bits per heavy atom. The van der Waals surface area contributed by atoms with E-state index in [-0.39, 0.29) is 6.61 Å². The number of hydrogen-bond donors (Lipinski definition) is 2. The van der Waals surface area contributed by atoms with Crippen LogP contribution >= 0.6 is 0 Å². The van der Waals surface area contributed by atoms with Gasteiger partial charge in [0, 0.05) is 7.11 Å². The first kappa shape index (κ1) is 13.1. The second kappa shape index (κ2) is 5.95. The summed E-state index contributed by atoms with van der Waals surface area (Å²) >= 11 is 0. The van der Waals surface area contributed by atoms with Crippen molar-refractivity contribution in [3.05, 3.63) is 35.6 Å². The van der Waals surface area contributed by atoms with Crippen molar-refractivity contribution in [2.75, 3.05) is 13.7 Å². The molecule has 0 aliphatic carbocycles. The summed E-state index contributed by atoms with van der Waals surface area (Å²) in [6, 6.07) is 4.16. The first-order valence-corrected chi connectivity index (χ1v) is 4.87. The molecule has 17 heavy (non-hydrogen) atoms. The molecule has 0 aliphatic rings. The molecule has 0 radical (unpaired) electrons. The fourth-order valence-corrected chi connectivity index (χ4v) is 1.31. The van der Waals surface area contributed by atoms with Gasteiger partial charge in [-0.25, -0.2) is 4.39 Å². The maximum Gasteiger partial charge on any atom is 0.246 e. The van der Waals surface area contributed by atoms with Crippen LogP contribution in [0.2, 0.25) is 0 Å². The number of carbonyl (C=O) groups is 2. The van der Waals surface area contributed by atoms with Crippen molar-refractivity contribution in [3.63, 3.8) is 0 Å². The van der Waals surface area contributed by atoms with Crippen LogP contribution in [-0.2, 0) is 14.3 Å². The number of primary amides is 1. The largest absolute Gasteiger partial charge is 0.375 e. The van der Waals surface area contributed by atoms with Crippen molar-refractivity contribution in [2.24, 2.45) is 5.73 Å². The lowest BCUT2D eigenvalue weighted by molar-refractivity contribution is -0.129. The van der Waals surface area contributed by atoms with E-state index in [1.165, 1.54) is 31.4 Å². The molecule has 92 valence electrons. The molecule has 1 rings (SSSR count). The van der Waals surface area contributed by atoms with Gasteiger partial charge in [-0.3, -0.25) is 9.59 Å². The van der Waals surface area contributed by atoms with Gasteiger partial charge in [0.15, 0.2) is 0 Å². The van der Waals surface area contributed by atoms with Gasteiger partial charge in [-0.15, -0.1) is 0 Å². The van der Waals surface area contributed by atoms with E-state index in [1.54, 1.807) is 0 Å². The number of nitrogens with one attached hydrogen (secondary N) is 1. The summed E-state index contributed by atoms with van der Waals surface area (Å²) in [5.41, 5.74) is 5.58. The number of carbonyl (C=O) groups excluding carboxylic acids is 2. The van der Waals surface area contributed by atoms with Crippen LogP contribution in [0, 0.1) is 5.82 Å². The van der Waals surface area contributed by atoms with E-state index in [0.717, 1.165) is 0 Å². The fraction of sp³-hybridized carbons (Fsp3) is 0.273. The lowest BCUT2D eigenvalue weighted by atomic mass is 10.1. The maximum absolute atomic E-state index is 12.7. The predicted molar refractivity (Wildman–Crippen MR) is 58.4 cm³/mol. The molecule has 0 saturated carbocycles. The van der Waals surface area contributed by atoms with Gasteiger partial charge in [-0.05, 0) is 17.7 Å². The van der Waals surface area contributed by atoms with Gasteiger partial charge in [-0.2, -0.15) is 0 Å². The van der Waals surface area contributed by atoms with Crippen LogP contribution in [0.1, 0.15) is 11.6 Å². The van der Waals surface area contributed by atoms with E-state index in [1.807, 2.05) is 0 Å². The zero-order valence-electron chi connectivity index (χ0n) is 9.27. The molecule has 1 atom stereocenters. The molecular formula is C11H13FN2O3. The standard InChI is InChI=1S/C11H13FN2O3/c1-17-6-9(15)14-10(11(13)16)7-2-4-8(12)5-3-7/h2-5,10H,6H2,1H3,(H2,13,16)(H,14,15)/t10-/m1/s1. The van der Waals surface area contributed by atoms with Crippen LogP contribution in [0.25, 0.3) is 0 Å². The van der Waals surface area contributed by atoms with Crippen LogP contribution < -0.4 is 11.1 Å². The number of ether oxygens (including phenoxy) is 1. The Morgan fingerprint density at radius 3 is 2.47 bits per heavy atom. The van der Waals surface area contributed by atoms with Crippen molar-refractivity contribution in [1.82, 2.24) is 5.32 Å². The summed E-state index contributed by atoms with van der Waals surface area (Å²) in [5, 5.41) is 2.39. The third-order valence-corrected chi connectivity index (χ3v) is 2.07. The van der Waals surface area contributed by atoms with Crippen molar-refractivity contribution in [2.45, 2.75) is 6.04 Å². The molecule has 0 spiro atoms. The molecule has 0 saturated heterocycles. The number of hydrogen-bond acceptors (Lipinski definition) is 3. The third-order valence-electron chi connectivity index (χ3n) is 2.07. The Morgan fingerprint density at radius 1 is 1.41 bits per heavy atom. The van der Waals surface area contributed by atoms with Gasteiger partial charge in [-0.1, -0.05) is 12.1 Å². The molecule has 5 nitrogen and oxygen atoms in total. The molecule has 1 aromatic carbocycles. The average Bonchev–Trinajstić information content (AvgIpc) is 2.27. The van der Waals surface area contributed by atoms with Gasteiger partial charge in [0.25, 0.3) is 0 Å². The highest BCUT2D eigenvalue weighted by Crippen LogP contribution is 2.13. The minimum absolute atomic E-state index is 0.176. The number of halogens is 1. The van der Waals surface area contributed by atoms with Crippen LogP contribution in [0.4, 0.5) is 4.39 Å². The number of amides is 2. The van der Waals surface area contributed by atoms with Crippen molar-refractivity contribution in [3.8, 4) is 0 Å². The summed E-state index contributed by atoms with van der Waals surface area (Å²) < 4.78 is 17.3. The number of rotatable bonds is 5. The second-order valence-electron chi connectivity index (χ2n) is 3.39. The SMILES string of the molecule is COCC(=O)N[C@@H](C(N)=O)c1ccc(F)cc1. The summed E-state index contributed by atoms with van der Waals surface area (Å²) in [4.78, 5) is 22.5. The summed E-state index contributed by atoms with van der Waals surface area (Å²) in [6.45, 7) is -0.176. The quantitative estimate of drug-likeness (QED) is 0.766. The minimum Gasteiger partial charge on any atom is -0.375 e. The van der Waals surface area contributed by atoms with E-state index in [0.29, 0.717) is 5.56 Å². The highest BCUT2D eigenvalue weighted by Gasteiger charge is 2.19. The van der Waals surface area contributed by atoms with Crippen molar-refractivity contribution < 1.29 is 18.7 Å². The summed E-state index contributed by atoms with van der Waals surface area (Å²) in [6.07, 6.45) is 0. The Bertz CT molecular complexity index is 406. The molecule has 3 N–H and O–H groups in total. The molecule has 0 aliphatic heterocycles. The first-order chi connectivity index (χ1) is 8.04. The van der Waals surface area contributed by atoms with Crippen LogP contribution in [-0.4, -0.2) is 25.5 Å². The van der Waals surface area contributed by atoms with Crippen LogP contribution in [0.15, 0.2) is 24.3 Å². The molecule has 1 aromatic rings. The topological polar surface area (TPSA) is 81.4 Å². The smallest absolute Gasteiger partial charge is 0.246 e. The maximum atomic E-state index is 12.7. The molecular weight excluding hydrogens is 227 g/mol. The Kier molecular flexibility index (Phi) is 4.59. The van der Waals surface area contributed by atoms with E-state index < -0.39 is 23.7 Å². The van der Waals surface area contributed by atoms with Crippen LogP contribution in [0.3, 0.4) is 0 Å². The number of methoxy groups -OCH3 is 1. The normalized spacial score (nSPS) is 11.9. The third kappa shape index (κ3) is 3.84. The number of nitrogens with two attached hydrogens (primary N) is 1. The summed E-state index contributed by atoms with van der Waals surface area (Å²) in [7, 11) is 1.36. The minimum atomic E-state index is -0.988. The molecule has 6 heteroatoms. The lowest BCUT2D eigenvalue weighted by Gasteiger charge is -2.15. The van der Waals surface area contributed by atoms with Crippen molar-refractivity contribution in [1.29, 1.82) is 0 Å². The predicted octanol–water partition coefficient (Wildman–Crippen LogP) is 0.115. The van der Waals surface area contributed by atoms with Crippen molar-refractivity contribution >= 4 is 11.8 Å². The zero-order chi connectivity index (χ0) is 12.8.